The third-order valence-corrected chi connectivity index (χ3v) is 5.28. The van der Waals surface area contributed by atoms with E-state index in [-0.39, 0.29) is 34.1 Å². The predicted octanol–water partition coefficient (Wildman–Crippen LogP) is 3.72. The Balaban J connectivity index is 1.75. The van der Waals surface area contributed by atoms with Crippen molar-refractivity contribution >= 4 is 46.2 Å². The SMILES string of the molecule is COc1cc(NC(=O)c2cccs2)c(C(=O)OCC(=O)Nc2cccc([N+](=O)[O-])c2)cc1OC. The zero-order valence-electron chi connectivity index (χ0n) is 18.0. The number of ether oxygens (including phenoxy) is 3. The van der Waals surface area contributed by atoms with E-state index in [9.17, 15) is 24.5 Å². The number of methoxy groups -OCH3 is 2. The highest BCUT2D eigenvalue weighted by Gasteiger charge is 2.21. The van der Waals surface area contributed by atoms with Crippen LogP contribution in [0.3, 0.4) is 0 Å². The fourth-order valence-corrected chi connectivity index (χ4v) is 3.47. The minimum absolute atomic E-state index is 0.0642. The molecule has 0 spiro atoms. The van der Waals surface area contributed by atoms with Crippen LogP contribution in [0.4, 0.5) is 17.1 Å². The number of esters is 1. The van der Waals surface area contributed by atoms with Crippen LogP contribution in [0.25, 0.3) is 0 Å². The zero-order chi connectivity index (χ0) is 24.7. The summed E-state index contributed by atoms with van der Waals surface area (Å²) >= 11 is 1.22. The molecule has 0 atom stereocenters. The first-order valence-corrected chi connectivity index (χ1v) is 10.5. The average Bonchev–Trinajstić information content (AvgIpc) is 3.37. The van der Waals surface area contributed by atoms with E-state index in [0.717, 1.165) is 0 Å². The number of hydrogen-bond acceptors (Lipinski definition) is 9. The lowest BCUT2D eigenvalue weighted by molar-refractivity contribution is -0.384. The summed E-state index contributed by atoms with van der Waals surface area (Å²) in [6.07, 6.45) is 0. The van der Waals surface area contributed by atoms with E-state index in [4.69, 9.17) is 14.2 Å². The van der Waals surface area contributed by atoms with Gasteiger partial charge in [-0.1, -0.05) is 12.1 Å². The monoisotopic (exact) mass is 485 g/mol. The highest BCUT2D eigenvalue weighted by Crippen LogP contribution is 2.34. The Bertz CT molecular complexity index is 1230. The number of nitro benzene ring substituents is 1. The number of thiophene rings is 1. The van der Waals surface area contributed by atoms with Crippen molar-refractivity contribution in [3.63, 3.8) is 0 Å². The highest BCUT2D eigenvalue weighted by atomic mass is 32.1. The topological polar surface area (TPSA) is 146 Å². The molecular weight excluding hydrogens is 466 g/mol. The number of benzene rings is 2. The van der Waals surface area contributed by atoms with Gasteiger partial charge in [-0.2, -0.15) is 0 Å². The molecule has 34 heavy (non-hydrogen) atoms. The van der Waals surface area contributed by atoms with E-state index in [1.54, 1.807) is 17.5 Å². The number of anilines is 2. The smallest absolute Gasteiger partial charge is 0.340 e. The lowest BCUT2D eigenvalue weighted by Gasteiger charge is -2.15. The summed E-state index contributed by atoms with van der Waals surface area (Å²) in [5.74, 6) is -1.58. The number of nitro groups is 1. The molecule has 0 unspecified atom stereocenters. The van der Waals surface area contributed by atoms with E-state index in [1.165, 1.54) is 62.0 Å². The summed E-state index contributed by atoms with van der Waals surface area (Å²) in [6, 6.07) is 11.4. The number of nitrogens with zero attached hydrogens (tertiary/aromatic N) is 1. The molecule has 0 aliphatic rings. The van der Waals surface area contributed by atoms with Gasteiger partial charge in [0.25, 0.3) is 17.5 Å². The molecule has 2 N–H and O–H groups in total. The lowest BCUT2D eigenvalue weighted by Crippen LogP contribution is -2.22. The fraction of sp³-hybridized carbons (Fsp3) is 0.136. The molecule has 0 bridgehead atoms. The van der Waals surface area contributed by atoms with Gasteiger partial charge >= 0.3 is 5.97 Å². The summed E-state index contributed by atoms with van der Waals surface area (Å²) in [7, 11) is 2.78. The second kappa shape index (κ2) is 10.9. The minimum Gasteiger partial charge on any atom is -0.493 e. The molecule has 1 heterocycles. The van der Waals surface area contributed by atoms with Crippen LogP contribution >= 0.6 is 11.3 Å². The van der Waals surface area contributed by atoms with Gasteiger partial charge in [0.2, 0.25) is 0 Å². The largest absolute Gasteiger partial charge is 0.493 e. The summed E-state index contributed by atoms with van der Waals surface area (Å²) in [6.45, 7) is -0.672. The van der Waals surface area contributed by atoms with Crippen LogP contribution in [0.2, 0.25) is 0 Å². The van der Waals surface area contributed by atoms with E-state index in [0.29, 0.717) is 4.88 Å². The number of carbonyl (C=O) groups is 3. The van der Waals surface area contributed by atoms with Gasteiger partial charge in [0, 0.05) is 30.0 Å². The van der Waals surface area contributed by atoms with Crippen LogP contribution in [0.5, 0.6) is 11.5 Å². The van der Waals surface area contributed by atoms with Crippen molar-refractivity contribution in [3.8, 4) is 11.5 Å². The second-order valence-electron chi connectivity index (χ2n) is 6.62. The molecule has 0 aliphatic carbocycles. The van der Waals surface area contributed by atoms with Crippen molar-refractivity contribution in [1.82, 2.24) is 0 Å². The molecule has 2 amide bonds. The molecule has 2 aromatic carbocycles. The molecule has 176 valence electrons. The van der Waals surface area contributed by atoms with Crippen molar-refractivity contribution in [2.75, 3.05) is 31.5 Å². The van der Waals surface area contributed by atoms with Gasteiger partial charge in [0.05, 0.1) is 35.3 Å². The molecule has 0 saturated carbocycles. The van der Waals surface area contributed by atoms with Crippen LogP contribution < -0.4 is 20.1 Å². The Morgan fingerprint density at radius 2 is 1.74 bits per heavy atom. The van der Waals surface area contributed by atoms with Crippen LogP contribution in [0, 0.1) is 10.1 Å². The van der Waals surface area contributed by atoms with Crippen molar-refractivity contribution < 1.29 is 33.5 Å². The van der Waals surface area contributed by atoms with Gasteiger partial charge in [-0.05, 0) is 17.5 Å². The number of hydrogen-bond donors (Lipinski definition) is 2. The molecule has 0 fully saturated rings. The summed E-state index contributed by atoms with van der Waals surface area (Å²) in [5.41, 5.74) is 0.00219. The van der Waals surface area contributed by atoms with Crippen LogP contribution in [0.15, 0.2) is 53.9 Å². The molecule has 3 rings (SSSR count). The maximum absolute atomic E-state index is 12.8. The van der Waals surface area contributed by atoms with Gasteiger partial charge < -0.3 is 24.8 Å². The Kier molecular flexibility index (Phi) is 7.77. The first-order valence-electron chi connectivity index (χ1n) is 9.64. The third kappa shape index (κ3) is 5.86. The molecule has 12 heteroatoms. The van der Waals surface area contributed by atoms with Gasteiger partial charge in [-0.3, -0.25) is 19.7 Å². The first kappa shape index (κ1) is 24.2. The van der Waals surface area contributed by atoms with Gasteiger partial charge in [-0.25, -0.2) is 4.79 Å². The molecule has 11 nitrogen and oxygen atoms in total. The minimum atomic E-state index is -0.906. The van der Waals surface area contributed by atoms with Crippen LogP contribution in [-0.2, 0) is 9.53 Å². The maximum atomic E-state index is 12.8. The molecule has 3 aromatic rings. The number of amides is 2. The fourth-order valence-electron chi connectivity index (χ4n) is 2.85. The number of rotatable bonds is 9. The number of nitrogens with one attached hydrogen (secondary N) is 2. The number of non-ortho nitro benzene ring substituents is 1. The van der Waals surface area contributed by atoms with Crippen molar-refractivity contribution in [2.45, 2.75) is 0 Å². The van der Waals surface area contributed by atoms with E-state index in [2.05, 4.69) is 10.6 Å². The van der Waals surface area contributed by atoms with Gasteiger partial charge in [0.15, 0.2) is 18.1 Å². The molecular formula is C22H19N3O8S. The van der Waals surface area contributed by atoms with Gasteiger partial charge in [-0.15, -0.1) is 11.3 Å². The van der Waals surface area contributed by atoms with Crippen molar-refractivity contribution in [2.24, 2.45) is 0 Å². The molecule has 0 saturated heterocycles. The Hall–Kier alpha value is -4.45. The third-order valence-electron chi connectivity index (χ3n) is 4.41. The summed E-state index contributed by atoms with van der Waals surface area (Å²) < 4.78 is 15.5. The Morgan fingerprint density at radius 3 is 2.38 bits per heavy atom. The lowest BCUT2D eigenvalue weighted by atomic mass is 10.1. The number of carbonyl (C=O) groups excluding carboxylic acids is 3. The summed E-state index contributed by atoms with van der Waals surface area (Å²) in [5, 5.41) is 17.7. The zero-order valence-corrected chi connectivity index (χ0v) is 18.8. The Morgan fingerprint density at radius 1 is 1.00 bits per heavy atom. The van der Waals surface area contributed by atoms with Gasteiger partial charge in [0.1, 0.15) is 0 Å². The predicted molar refractivity (Wildman–Crippen MR) is 124 cm³/mol. The molecule has 0 aliphatic heterocycles. The van der Waals surface area contributed by atoms with E-state index < -0.39 is 29.3 Å². The first-order chi connectivity index (χ1) is 16.3. The summed E-state index contributed by atoms with van der Waals surface area (Å²) in [4.78, 5) is 48.2. The Labute approximate surface area is 197 Å². The van der Waals surface area contributed by atoms with Crippen molar-refractivity contribution in [1.29, 1.82) is 0 Å². The quantitative estimate of drug-likeness (QED) is 0.265. The van der Waals surface area contributed by atoms with Crippen molar-refractivity contribution in [3.05, 3.63) is 74.5 Å². The molecule has 1 aromatic heterocycles. The van der Waals surface area contributed by atoms with Crippen LogP contribution in [0.1, 0.15) is 20.0 Å². The average molecular weight is 485 g/mol. The second-order valence-corrected chi connectivity index (χ2v) is 7.56. The van der Waals surface area contributed by atoms with E-state index in [1.807, 2.05) is 0 Å². The van der Waals surface area contributed by atoms with Crippen LogP contribution in [-0.4, -0.2) is 43.5 Å². The standard InChI is InChI=1S/C22H19N3O8S/c1-31-17-10-15(16(11-18(17)32-2)24-21(27)19-7-4-8-34-19)22(28)33-12-20(26)23-13-5-3-6-14(9-13)25(29)30/h3-11H,12H2,1-2H3,(H,23,26)(H,24,27). The van der Waals surface area contributed by atoms with E-state index >= 15 is 0 Å². The highest BCUT2D eigenvalue weighted by molar-refractivity contribution is 7.12. The molecule has 0 radical (unpaired) electrons. The maximum Gasteiger partial charge on any atom is 0.340 e. The normalized spacial score (nSPS) is 10.2.